The molecule has 0 saturated heterocycles. The highest BCUT2D eigenvalue weighted by Gasteiger charge is 2.26. The summed E-state index contributed by atoms with van der Waals surface area (Å²) in [7, 11) is 0. The first kappa shape index (κ1) is 13.1. The maximum absolute atomic E-state index is 12.0. The lowest BCUT2D eigenvalue weighted by molar-refractivity contribution is 0.0224. The van der Waals surface area contributed by atoms with Crippen molar-refractivity contribution >= 4 is 17.7 Å². The van der Waals surface area contributed by atoms with Crippen molar-refractivity contribution < 1.29 is 9.53 Å². The van der Waals surface area contributed by atoms with Gasteiger partial charge in [-0.3, -0.25) is 0 Å². The summed E-state index contributed by atoms with van der Waals surface area (Å²) in [6, 6.07) is 1.95. The zero-order valence-corrected chi connectivity index (χ0v) is 11.6. The molecule has 0 aliphatic carbocycles. The quantitative estimate of drug-likeness (QED) is 0.679. The Morgan fingerprint density at radius 1 is 1.50 bits per heavy atom. The van der Waals surface area contributed by atoms with Crippen LogP contribution >= 0.6 is 11.6 Å². The van der Waals surface area contributed by atoms with Crippen LogP contribution in [0.5, 0.6) is 0 Å². The van der Waals surface area contributed by atoms with Crippen LogP contribution in [-0.4, -0.2) is 28.1 Å². The first-order valence-corrected chi connectivity index (χ1v) is 6.35. The van der Waals surface area contributed by atoms with Crippen LogP contribution in [0.4, 0.5) is 4.79 Å². The van der Waals surface area contributed by atoms with Crippen LogP contribution in [0.15, 0.2) is 12.3 Å². The lowest BCUT2D eigenvalue weighted by Gasteiger charge is -2.31. The van der Waals surface area contributed by atoms with E-state index in [-0.39, 0.29) is 6.09 Å². The fourth-order valence-corrected chi connectivity index (χ4v) is 2.15. The topological polar surface area (TPSA) is 42.4 Å². The number of halogens is 1. The molecule has 1 aromatic rings. The van der Waals surface area contributed by atoms with Gasteiger partial charge < -0.3 is 9.64 Å². The number of hydrogen-bond donors (Lipinski definition) is 0. The summed E-state index contributed by atoms with van der Waals surface area (Å²) in [6.07, 6.45) is 2.19. The summed E-state index contributed by atoms with van der Waals surface area (Å²) in [5.41, 5.74) is 1.61. The minimum Gasteiger partial charge on any atom is -0.444 e. The van der Waals surface area contributed by atoms with Crippen molar-refractivity contribution in [3.8, 4) is 0 Å². The number of amides is 1. The summed E-state index contributed by atoms with van der Waals surface area (Å²) in [5, 5.41) is 0.473. The molecule has 98 valence electrons. The molecule has 0 spiro atoms. The first-order chi connectivity index (χ1) is 8.37. The Balaban J connectivity index is 2.12. The number of ether oxygens (including phenoxy) is 1. The van der Waals surface area contributed by atoms with E-state index in [1.165, 1.54) is 0 Å². The van der Waals surface area contributed by atoms with Gasteiger partial charge in [-0.1, -0.05) is 11.6 Å². The van der Waals surface area contributed by atoms with Crippen LogP contribution in [0.25, 0.3) is 0 Å². The standard InChI is InChI=1S/C13H17ClN2O2/c1-13(2,3)18-12(17)16-7-5-9-4-6-15-11(14)10(9)8-16/h4,6H,5,7-8H2,1-3H3. The van der Waals surface area contributed by atoms with Gasteiger partial charge >= 0.3 is 6.09 Å². The van der Waals surface area contributed by atoms with Crippen LogP contribution in [-0.2, 0) is 17.7 Å². The summed E-state index contributed by atoms with van der Waals surface area (Å²) in [5.74, 6) is 0. The maximum Gasteiger partial charge on any atom is 0.410 e. The van der Waals surface area contributed by atoms with Crippen molar-refractivity contribution in [2.45, 2.75) is 39.3 Å². The summed E-state index contributed by atoms with van der Waals surface area (Å²) in [6.45, 7) is 6.70. The maximum atomic E-state index is 12.0. The van der Waals surface area contributed by atoms with E-state index in [2.05, 4.69) is 4.98 Å². The zero-order valence-electron chi connectivity index (χ0n) is 10.9. The van der Waals surface area contributed by atoms with Crippen molar-refractivity contribution in [2.24, 2.45) is 0 Å². The van der Waals surface area contributed by atoms with E-state index in [0.29, 0.717) is 18.2 Å². The van der Waals surface area contributed by atoms with Gasteiger partial charge in [0.15, 0.2) is 0 Å². The number of aromatic nitrogens is 1. The number of hydrogen-bond acceptors (Lipinski definition) is 3. The first-order valence-electron chi connectivity index (χ1n) is 5.97. The molecule has 0 radical (unpaired) electrons. The Morgan fingerprint density at radius 2 is 2.22 bits per heavy atom. The minimum atomic E-state index is -0.476. The predicted molar refractivity (Wildman–Crippen MR) is 69.6 cm³/mol. The van der Waals surface area contributed by atoms with Gasteiger partial charge in [0, 0.05) is 18.3 Å². The van der Waals surface area contributed by atoms with Crippen molar-refractivity contribution in [1.29, 1.82) is 0 Å². The molecule has 0 unspecified atom stereocenters. The Hall–Kier alpha value is -1.29. The molecule has 2 rings (SSSR count). The van der Waals surface area contributed by atoms with Gasteiger partial charge in [0.05, 0.1) is 6.54 Å². The Kier molecular flexibility index (Phi) is 3.48. The highest BCUT2D eigenvalue weighted by Crippen LogP contribution is 2.25. The normalized spacial score (nSPS) is 15.2. The predicted octanol–water partition coefficient (Wildman–Crippen LogP) is 3.03. The fourth-order valence-electron chi connectivity index (χ4n) is 1.91. The van der Waals surface area contributed by atoms with E-state index >= 15 is 0 Å². The Labute approximate surface area is 112 Å². The number of carbonyl (C=O) groups excluding carboxylic acids is 1. The molecular weight excluding hydrogens is 252 g/mol. The van der Waals surface area contributed by atoms with E-state index in [9.17, 15) is 4.79 Å². The van der Waals surface area contributed by atoms with Crippen LogP contribution < -0.4 is 0 Å². The Bertz CT molecular complexity index is 469. The highest BCUT2D eigenvalue weighted by atomic mass is 35.5. The molecule has 0 saturated carbocycles. The van der Waals surface area contributed by atoms with E-state index < -0.39 is 5.60 Å². The van der Waals surface area contributed by atoms with Crippen LogP contribution in [0.2, 0.25) is 5.15 Å². The lowest BCUT2D eigenvalue weighted by atomic mass is 10.0. The molecular formula is C13H17ClN2O2. The number of nitrogens with zero attached hydrogens (tertiary/aromatic N) is 2. The lowest BCUT2D eigenvalue weighted by Crippen LogP contribution is -2.40. The summed E-state index contributed by atoms with van der Waals surface area (Å²) in [4.78, 5) is 17.7. The second-order valence-electron chi connectivity index (χ2n) is 5.39. The number of carbonyl (C=O) groups is 1. The average Bonchev–Trinajstić information content (AvgIpc) is 2.27. The van der Waals surface area contributed by atoms with Crippen molar-refractivity contribution in [3.05, 3.63) is 28.5 Å². The van der Waals surface area contributed by atoms with Gasteiger partial charge in [-0.25, -0.2) is 9.78 Å². The largest absolute Gasteiger partial charge is 0.444 e. The molecule has 0 N–H and O–H groups in total. The Morgan fingerprint density at radius 3 is 2.89 bits per heavy atom. The molecule has 0 bridgehead atoms. The van der Waals surface area contributed by atoms with Crippen LogP contribution in [0, 0.1) is 0 Å². The zero-order chi connectivity index (χ0) is 13.3. The minimum absolute atomic E-state index is 0.298. The molecule has 1 aliphatic heterocycles. The van der Waals surface area contributed by atoms with Crippen molar-refractivity contribution in [1.82, 2.24) is 9.88 Å². The molecule has 4 nitrogen and oxygen atoms in total. The summed E-state index contributed by atoms with van der Waals surface area (Å²) < 4.78 is 5.36. The van der Waals surface area contributed by atoms with Crippen molar-refractivity contribution in [2.75, 3.05) is 6.54 Å². The molecule has 1 amide bonds. The number of rotatable bonds is 0. The van der Waals surface area contributed by atoms with E-state index in [1.54, 1.807) is 11.1 Å². The monoisotopic (exact) mass is 268 g/mol. The smallest absolute Gasteiger partial charge is 0.410 e. The number of pyridine rings is 1. The van der Waals surface area contributed by atoms with E-state index in [1.807, 2.05) is 26.8 Å². The highest BCUT2D eigenvalue weighted by molar-refractivity contribution is 6.30. The third-order valence-electron chi connectivity index (χ3n) is 2.75. The third kappa shape index (κ3) is 2.93. The fraction of sp³-hybridized carbons (Fsp3) is 0.538. The van der Waals surface area contributed by atoms with Crippen LogP contribution in [0.3, 0.4) is 0 Å². The molecule has 5 heteroatoms. The van der Waals surface area contributed by atoms with Crippen LogP contribution in [0.1, 0.15) is 31.9 Å². The van der Waals surface area contributed by atoms with Gasteiger partial charge in [-0.2, -0.15) is 0 Å². The third-order valence-corrected chi connectivity index (χ3v) is 3.08. The van der Waals surface area contributed by atoms with Gasteiger partial charge in [0.1, 0.15) is 10.8 Å². The van der Waals surface area contributed by atoms with Crippen molar-refractivity contribution in [3.63, 3.8) is 0 Å². The van der Waals surface area contributed by atoms with Gasteiger partial charge in [0.25, 0.3) is 0 Å². The molecule has 18 heavy (non-hydrogen) atoms. The second kappa shape index (κ2) is 4.76. The van der Waals surface area contributed by atoms with Gasteiger partial charge in [0.2, 0.25) is 0 Å². The average molecular weight is 269 g/mol. The van der Waals surface area contributed by atoms with E-state index in [4.69, 9.17) is 16.3 Å². The molecule has 0 fully saturated rings. The summed E-state index contributed by atoms with van der Waals surface area (Å²) >= 11 is 6.06. The molecule has 0 atom stereocenters. The molecule has 0 aromatic carbocycles. The van der Waals surface area contributed by atoms with Gasteiger partial charge in [-0.15, -0.1) is 0 Å². The molecule has 1 aliphatic rings. The SMILES string of the molecule is CC(C)(C)OC(=O)N1CCc2ccnc(Cl)c2C1. The second-order valence-corrected chi connectivity index (χ2v) is 5.75. The number of fused-ring (bicyclic) bond motifs is 1. The molecule has 1 aromatic heterocycles. The van der Waals surface area contributed by atoms with E-state index in [0.717, 1.165) is 17.5 Å². The van der Waals surface area contributed by atoms with Gasteiger partial charge in [-0.05, 0) is 38.8 Å². The molecule has 2 heterocycles.